The standard InChI is InChI=1S/C21H19N3O4S2/c1-14-4-3-5-16(10-14)20-23-19(28-24-20)13-30(25,26)12-17-11-29-21(22-17)15-6-8-18(27-2)9-7-15/h3-11H,12-13H2,1-2H3. The Bertz CT molecular complexity index is 1260. The third-order valence-corrected chi connectivity index (χ3v) is 6.71. The molecule has 0 fully saturated rings. The number of ether oxygens (including phenoxy) is 1. The first kappa shape index (κ1) is 20.2. The van der Waals surface area contributed by atoms with E-state index in [2.05, 4.69) is 15.1 Å². The topological polar surface area (TPSA) is 95.2 Å². The van der Waals surface area contributed by atoms with Gasteiger partial charge in [-0.05, 0) is 37.3 Å². The fourth-order valence-electron chi connectivity index (χ4n) is 2.92. The fraction of sp³-hybridized carbons (Fsp3) is 0.190. The van der Waals surface area contributed by atoms with Gasteiger partial charge in [-0.1, -0.05) is 28.9 Å². The number of aryl methyl sites for hydroxylation is 1. The van der Waals surface area contributed by atoms with Crippen LogP contribution in [0.2, 0.25) is 0 Å². The number of methoxy groups -OCH3 is 1. The minimum Gasteiger partial charge on any atom is -0.497 e. The van der Waals surface area contributed by atoms with E-state index in [9.17, 15) is 8.42 Å². The lowest BCUT2D eigenvalue weighted by atomic mass is 10.1. The molecule has 0 amide bonds. The lowest BCUT2D eigenvalue weighted by Crippen LogP contribution is -2.08. The van der Waals surface area contributed by atoms with Gasteiger partial charge in [0.15, 0.2) is 9.84 Å². The van der Waals surface area contributed by atoms with Crippen LogP contribution in [0.25, 0.3) is 22.0 Å². The van der Waals surface area contributed by atoms with Crippen molar-refractivity contribution in [3.8, 4) is 27.7 Å². The quantitative estimate of drug-likeness (QED) is 0.422. The number of nitrogens with zero attached hydrogens (tertiary/aromatic N) is 3. The van der Waals surface area contributed by atoms with Crippen LogP contribution in [0.4, 0.5) is 0 Å². The number of thiazole rings is 1. The molecule has 7 nitrogen and oxygen atoms in total. The van der Waals surface area contributed by atoms with Crippen LogP contribution in [0.15, 0.2) is 58.4 Å². The van der Waals surface area contributed by atoms with Gasteiger partial charge in [0.05, 0.1) is 18.6 Å². The van der Waals surface area contributed by atoms with Crippen molar-refractivity contribution >= 4 is 21.2 Å². The summed E-state index contributed by atoms with van der Waals surface area (Å²) in [5.41, 5.74) is 3.24. The van der Waals surface area contributed by atoms with Gasteiger partial charge in [0, 0.05) is 16.5 Å². The predicted molar refractivity (Wildman–Crippen MR) is 115 cm³/mol. The summed E-state index contributed by atoms with van der Waals surface area (Å²) in [5, 5.41) is 6.41. The molecule has 0 bridgehead atoms. The summed E-state index contributed by atoms with van der Waals surface area (Å²) in [6, 6.07) is 15.1. The van der Waals surface area contributed by atoms with Crippen LogP contribution in [0.1, 0.15) is 17.1 Å². The molecule has 0 spiro atoms. The zero-order chi connectivity index (χ0) is 21.1. The highest BCUT2D eigenvalue weighted by Crippen LogP contribution is 2.27. The largest absolute Gasteiger partial charge is 0.497 e. The molecule has 0 atom stereocenters. The zero-order valence-electron chi connectivity index (χ0n) is 16.4. The van der Waals surface area contributed by atoms with E-state index in [0.717, 1.165) is 27.4 Å². The van der Waals surface area contributed by atoms with Crippen molar-refractivity contribution < 1.29 is 17.7 Å². The van der Waals surface area contributed by atoms with Crippen molar-refractivity contribution in [2.45, 2.75) is 18.4 Å². The first-order valence-corrected chi connectivity index (χ1v) is 11.8. The first-order valence-electron chi connectivity index (χ1n) is 9.11. The molecule has 0 radical (unpaired) electrons. The van der Waals surface area contributed by atoms with Crippen molar-refractivity contribution in [3.63, 3.8) is 0 Å². The summed E-state index contributed by atoms with van der Waals surface area (Å²) < 4.78 is 35.5. The van der Waals surface area contributed by atoms with E-state index < -0.39 is 9.84 Å². The van der Waals surface area contributed by atoms with Crippen molar-refractivity contribution in [1.29, 1.82) is 0 Å². The van der Waals surface area contributed by atoms with Gasteiger partial charge in [-0.3, -0.25) is 0 Å². The summed E-state index contributed by atoms with van der Waals surface area (Å²) in [7, 11) is -1.91. The smallest absolute Gasteiger partial charge is 0.242 e. The Labute approximate surface area is 178 Å². The van der Waals surface area contributed by atoms with Crippen molar-refractivity contribution in [1.82, 2.24) is 15.1 Å². The normalized spacial score (nSPS) is 11.5. The van der Waals surface area contributed by atoms with E-state index in [4.69, 9.17) is 9.26 Å². The molecule has 0 N–H and O–H groups in total. The molecule has 4 aromatic rings. The Morgan fingerprint density at radius 3 is 2.57 bits per heavy atom. The van der Waals surface area contributed by atoms with Gasteiger partial charge in [-0.15, -0.1) is 11.3 Å². The monoisotopic (exact) mass is 441 g/mol. The van der Waals surface area contributed by atoms with Crippen LogP contribution in [0, 0.1) is 6.92 Å². The minimum atomic E-state index is -3.52. The molecule has 0 aliphatic carbocycles. The summed E-state index contributed by atoms with van der Waals surface area (Å²) >= 11 is 1.40. The number of sulfone groups is 1. The number of rotatable bonds is 7. The van der Waals surface area contributed by atoms with E-state index in [1.807, 2.05) is 55.5 Å². The van der Waals surface area contributed by atoms with Crippen LogP contribution in [0.5, 0.6) is 5.75 Å². The van der Waals surface area contributed by atoms with Crippen molar-refractivity contribution in [2.75, 3.05) is 7.11 Å². The molecular weight excluding hydrogens is 422 g/mol. The molecule has 0 saturated heterocycles. The number of hydrogen-bond acceptors (Lipinski definition) is 8. The molecule has 0 aliphatic rings. The average molecular weight is 442 g/mol. The van der Waals surface area contributed by atoms with Gasteiger partial charge >= 0.3 is 0 Å². The second kappa shape index (κ2) is 8.37. The van der Waals surface area contributed by atoms with Crippen LogP contribution in [0.3, 0.4) is 0 Å². The number of aromatic nitrogens is 3. The highest BCUT2D eigenvalue weighted by atomic mass is 32.2. The molecule has 2 heterocycles. The highest BCUT2D eigenvalue weighted by Gasteiger charge is 2.20. The number of benzene rings is 2. The van der Waals surface area contributed by atoms with E-state index in [1.54, 1.807) is 12.5 Å². The summed E-state index contributed by atoms with van der Waals surface area (Å²) in [6.07, 6.45) is 0. The van der Waals surface area contributed by atoms with Gasteiger partial charge in [0.1, 0.15) is 16.5 Å². The molecule has 0 aliphatic heterocycles. The van der Waals surface area contributed by atoms with Crippen molar-refractivity contribution in [2.24, 2.45) is 0 Å². The third kappa shape index (κ3) is 4.74. The van der Waals surface area contributed by atoms with E-state index in [-0.39, 0.29) is 17.4 Å². The highest BCUT2D eigenvalue weighted by molar-refractivity contribution is 7.89. The van der Waals surface area contributed by atoms with Gasteiger partial charge in [-0.25, -0.2) is 13.4 Å². The molecule has 154 valence electrons. The van der Waals surface area contributed by atoms with Crippen LogP contribution in [-0.4, -0.2) is 30.7 Å². The molecule has 9 heteroatoms. The average Bonchev–Trinajstić information content (AvgIpc) is 3.37. The maximum atomic E-state index is 12.6. The Kier molecular flexibility index (Phi) is 5.65. The lowest BCUT2D eigenvalue weighted by molar-refractivity contribution is 0.389. The fourth-order valence-corrected chi connectivity index (χ4v) is 5.04. The van der Waals surface area contributed by atoms with E-state index >= 15 is 0 Å². The Morgan fingerprint density at radius 2 is 1.83 bits per heavy atom. The van der Waals surface area contributed by atoms with Gasteiger partial charge in [0.2, 0.25) is 11.7 Å². The van der Waals surface area contributed by atoms with Gasteiger partial charge < -0.3 is 9.26 Å². The molecular formula is C21H19N3O4S2. The second-order valence-electron chi connectivity index (χ2n) is 6.79. The molecule has 4 rings (SSSR count). The van der Waals surface area contributed by atoms with Gasteiger partial charge in [-0.2, -0.15) is 4.98 Å². The molecule has 2 aromatic carbocycles. The third-order valence-electron chi connectivity index (χ3n) is 4.34. The second-order valence-corrected chi connectivity index (χ2v) is 9.71. The predicted octanol–water partition coefficient (Wildman–Crippen LogP) is 4.29. The van der Waals surface area contributed by atoms with Crippen LogP contribution < -0.4 is 4.74 Å². The molecule has 2 aromatic heterocycles. The maximum absolute atomic E-state index is 12.6. The Hall–Kier alpha value is -3.04. The lowest BCUT2D eigenvalue weighted by Gasteiger charge is -2.00. The minimum absolute atomic E-state index is 0.0668. The van der Waals surface area contributed by atoms with Crippen molar-refractivity contribution in [3.05, 3.63) is 71.1 Å². The summed E-state index contributed by atoms with van der Waals surface area (Å²) in [6.45, 7) is 1.96. The molecule has 30 heavy (non-hydrogen) atoms. The first-order chi connectivity index (χ1) is 14.4. The van der Waals surface area contributed by atoms with E-state index in [0.29, 0.717) is 11.5 Å². The molecule has 0 unspecified atom stereocenters. The van der Waals surface area contributed by atoms with Crippen LogP contribution in [-0.2, 0) is 21.3 Å². The summed E-state index contributed by atoms with van der Waals surface area (Å²) in [4.78, 5) is 8.69. The van der Waals surface area contributed by atoms with E-state index in [1.165, 1.54) is 11.3 Å². The van der Waals surface area contributed by atoms with Crippen LogP contribution >= 0.6 is 11.3 Å². The Morgan fingerprint density at radius 1 is 1.03 bits per heavy atom. The maximum Gasteiger partial charge on any atom is 0.242 e. The van der Waals surface area contributed by atoms with Gasteiger partial charge in [0.25, 0.3) is 0 Å². The molecule has 0 saturated carbocycles. The summed E-state index contributed by atoms with van der Waals surface area (Å²) in [5.74, 6) is 0.669. The SMILES string of the molecule is COc1ccc(-c2nc(CS(=O)(=O)Cc3nc(-c4cccc(C)c4)no3)cs2)cc1. The number of hydrogen-bond donors (Lipinski definition) is 0. The zero-order valence-corrected chi connectivity index (χ0v) is 18.0. The Balaban J connectivity index is 1.45.